The summed E-state index contributed by atoms with van der Waals surface area (Å²) in [6.07, 6.45) is 1.21. The normalized spacial score (nSPS) is 23.6. The molecule has 1 aromatic rings. The monoisotopic (exact) mass is 266 g/mol. The third-order valence-electron chi connectivity index (χ3n) is 2.84. The van der Waals surface area contributed by atoms with Gasteiger partial charge in [0.2, 0.25) is 0 Å². The molecule has 0 saturated carbocycles. The van der Waals surface area contributed by atoms with Crippen molar-refractivity contribution < 1.29 is 9.53 Å². The Hall–Kier alpha value is -1.20. The minimum atomic E-state index is -0.461. The zero-order chi connectivity index (χ0) is 13.0. The van der Waals surface area contributed by atoms with Crippen LogP contribution >= 0.6 is 11.8 Å². The highest BCUT2D eigenvalue weighted by atomic mass is 32.2. The van der Waals surface area contributed by atoms with E-state index in [-0.39, 0.29) is 6.61 Å². The molecule has 2 atom stereocenters. The summed E-state index contributed by atoms with van der Waals surface area (Å²) in [6, 6.07) is 8.36. The molecule has 1 heterocycles. The lowest BCUT2D eigenvalue weighted by Crippen LogP contribution is -2.33. The Kier molecular flexibility index (Phi) is 4.49. The standard InChI is InChI=1S/C13H18N2O2S/c1-9-6-7-18-13(15-9)10-2-4-11(5-3-10)17-8-12(14)16/h2-5,9,13,15H,6-8H2,1H3,(H2,14,16). The molecule has 0 spiro atoms. The first-order chi connectivity index (χ1) is 8.65. The van der Waals surface area contributed by atoms with E-state index in [1.165, 1.54) is 17.7 Å². The van der Waals surface area contributed by atoms with Crippen molar-refractivity contribution in [3.63, 3.8) is 0 Å². The summed E-state index contributed by atoms with van der Waals surface area (Å²) in [4.78, 5) is 10.6. The molecule has 1 fully saturated rings. The van der Waals surface area contributed by atoms with Crippen LogP contribution in [0.5, 0.6) is 5.75 Å². The molecule has 0 bridgehead atoms. The molecule has 1 aliphatic rings. The van der Waals surface area contributed by atoms with Gasteiger partial charge in [-0.3, -0.25) is 10.1 Å². The van der Waals surface area contributed by atoms with Crippen molar-refractivity contribution in [3.05, 3.63) is 29.8 Å². The molecule has 1 amide bonds. The number of ether oxygens (including phenoxy) is 1. The van der Waals surface area contributed by atoms with Crippen LogP contribution in [0.15, 0.2) is 24.3 Å². The summed E-state index contributed by atoms with van der Waals surface area (Å²) < 4.78 is 5.23. The van der Waals surface area contributed by atoms with Gasteiger partial charge in [0.1, 0.15) is 5.75 Å². The van der Waals surface area contributed by atoms with Gasteiger partial charge in [-0.25, -0.2) is 0 Å². The summed E-state index contributed by atoms with van der Waals surface area (Å²) >= 11 is 1.92. The molecule has 1 aromatic carbocycles. The maximum Gasteiger partial charge on any atom is 0.255 e. The molecule has 0 radical (unpaired) electrons. The number of rotatable bonds is 4. The molecule has 18 heavy (non-hydrogen) atoms. The highest BCUT2D eigenvalue weighted by Gasteiger charge is 2.19. The lowest BCUT2D eigenvalue weighted by atomic mass is 10.2. The van der Waals surface area contributed by atoms with E-state index in [1.54, 1.807) is 0 Å². The number of carbonyl (C=O) groups excluding carboxylic acids is 1. The Morgan fingerprint density at radius 2 is 2.22 bits per heavy atom. The molecule has 0 aromatic heterocycles. The predicted octanol–water partition coefficient (Wildman–Crippen LogP) is 1.66. The van der Waals surface area contributed by atoms with Gasteiger partial charge in [0.05, 0.1) is 5.37 Å². The lowest BCUT2D eigenvalue weighted by molar-refractivity contribution is -0.119. The summed E-state index contributed by atoms with van der Waals surface area (Å²) in [7, 11) is 0. The number of primary amides is 1. The molecule has 5 heteroatoms. The SMILES string of the molecule is CC1CCSC(c2ccc(OCC(N)=O)cc2)N1. The maximum absolute atomic E-state index is 10.6. The van der Waals surface area contributed by atoms with Crippen molar-refractivity contribution in [2.45, 2.75) is 24.8 Å². The van der Waals surface area contributed by atoms with Gasteiger partial charge in [-0.2, -0.15) is 0 Å². The molecule has 98 valence electrons. The van der Waals surface area contributed by atoms with Crippen molar-refractivity contribution in [1.82, 2.24) is 5.32 Å². The van der Waals surface area contributed by atoms with Crippen LogP contribution < -0.4 is 15.8 Å². The second kappa shape index (κ2) is 6.11. The Morgan fingerprint density at radius 3 is 2.83 bits per heavy atom. The fourth-order valence-corrected chi connectivity index (χ4v) is 3.24. The number of amides is 1. The fourth-order valence-electron chi connectivity index (χ4n) is 1.84. The van der Waals surface area contributed by atoms with Gasteiger partial charge >= 0.3 is 0 Å². The Labute approximate surface area is 111 Å². The van der Waals surface area contributed by atoms with Gasteiger partial charge in [-0.1, -0.05) is 12.1 Å². The number of nitrogens with one attached hydrogen (secondary N) is 1. The first-order valence-electron chi connectivity index (χ1n) is 6.04. The van der Waals surface area contributed by atoms with E-state index in [0.717, 1.165) is 0 Å². The molecule has 2 rings (SSSR count). The zero-order valence-electron chi connectivity index (χ0n) is 10.4. The predicted molar refractivity (Wildman–Crippen MR) is 73.5 cm³/mol. The molecular formula is C13H18N2O2S. The van der Waals surface area contributed by atoms with Gasteiger partial charge in [0, 0.05) is 6.04 Å². The van der Waals surface area contributed by atoms with Crippen LogP contribution in [0, 0.1) is 0 Å². The van der Waals surface area contributed by atoms with Crippen LogP contribution in [0.3, 0.4) is 0 Å². The Balaban J connectivity index is 1.96. The van der Waals surface area contributed by atoms with Gasteiger partial charge in [-0.15, -0.1) is 11.8 Å². The summed E-state index contributed by atoms with van der Waals surface area (Å²) in [5, 5.41) is 3.90. The first kappa shape index (κ1) is 13.2. The molecule has 2 unspecified atom stereocenters. The largest absolute Gasteiger partial charge is 0.484 e. The van der Waals surface area contributed by atoms with E-state index in [0.29, 0.717) is 17.2 Å². The van der Waals surface area contributed by atoms with Crippen LogP contribution in [-0.2, 0) is 4.79 Å². The average Bonchev–Trinajstić information content (AvgIpc) is 2.37. The lowest BCUT2D eigenvalue weighted by Gasteiger charge is -2.28. The number of hydrogen-bond donors (Lipinski definition) is 2. The van der Waals surface area contributed by atoms with Crippen LogP contribution in [0.25, 0.3) is 0 Å². The quantitative estimate of drug-likeness (QED) is 0.870. The second-order valence-corrected chi connectivity index (χ2v) is 5.64. The van der Waals surface area contributed by atoms with Gasteiger partial charge in [0.25, 0.3) is 5.91 Å². The Bertz CT molecular complexity index is 408. The summed E-state index contributed by atoms with van der Waals surface area (Å²) in [6.45, 7) is 2.13. The smallest absolute Gasteiger partial charge is 0.255 e. The summed E-state index contributed by atoms with van der Waals surface area (Å²) in [5.41, 5.74) is 6.26. The molecule has 1 aliphatic heterocycles. The zero-order valence-corrected chi connectivity index (χ0v) is 11.2. The van der Waals surface area contributed by atoms with Crippen molar-refractivity contribution in [1.29, 1.82) is 0 Å². The van der Waals surface area contributed by atoms with Crippen LogP contribution in [0.2, 0.25) is 0 Å². The third kappa shape index (κ3) is 3.65. The van der Waals surface area contributed by atoms with Crippen molar-refractivity contribution in [3.8, 4) is 5.75 Å². The average molecular weight is 266 g/mol. The number of nitrogens with two attached hydrogens (primary N) is 1. The molecule has 3 N–H and O–H groups in total. The Morgan fingerprint density at radius 1 is 1.50 bits per heavy atom. The minimum absolute atomic E-state index is 0.0766. The number of hydrogen-bond acceptors (Lipinski definition) is 4. The second-order valence-electron chi connectivity index (χ2n) is 4.43. The number of benzene rings is 1. The minimum Gasteiger partial charge on any atom is -0.484 e. The van der Waals surface area contributed by atoms with E-state index in [9.17, 15) is 4.79 Å². The molecule has 4 nitrogen and oxygen atoms in total. The third-order valence-corrected chi connectivity index (χ3v) is 4.05. The van der Waals surface area contributed by atoms with E-state index in [2.05, 4.69) is 12.2 Å². The van der Waals surface area contributed by atoms with Crippen molar-refractivity contribution in [2.24, 2.45) is 5.73 Å². The number of thioether (sulfide) groups is 1. The molecule has 0 aliphatic carbocycles. The highest BCUT2D eigenvalue weighted by molar-refractivity contribution is 7.99. The fraction of sp³-hybridized carbons (Fsp3) is 0.462. The van der Waals surface area contributed by atoms with Crippen LogP contribution in [0.1, 0.15) is 24.3 Å². The van der Waals surface area contributed by atoms with Crippen LogP contribution in [0.4, 0.5) is 0 Å². The summed E-state index contributed by atoms with van der Waals surface area (Å²) in [5.74, 6) is 1.39. The van der Waals surface area contributed by atoms with Gasteiger partial charge in [-0.05, 0) is 36.8 Å². The maximum atomic E-state index is 10.6. The first-order valence-corrected chi connectivity index (χ1v) is 7.09. The van der Waals surface area contributed by atoms with Gasteiger partial charge < -0.3 is 10.5 Å². The van der Waals surface area contributed by atoms with E-state index in [1.807, 2.05) is 36.0 Å². The van der Waals surface area contributed by atoms with E-state index >= 15 is 0 Å². The van der Waals surface area contributed by atoms with Gasteiger partial charge in [0.15, 0.2) is 6.61 Å². The van der Waals surface area contributed by atoms with Crippen molar-refractivity contribution in [2.75, 3.05) is 12.4 Å². The van der Waals surface area contributed by atoms with E-state index in [4.69, 9.17) is 10.5 Å². The topological polar surface area (TPSA) is 64.3 Å². The molecular weight excluding hydrogens is 248 g/mol. The van der Waals surface area contributed by atoms with Crippen molar-refractivity contribution >= 4 is 17.7 Å². The van der Waals surface area contributed by atoms with E-state index < -0.39 is 5.91 Å². The number of carbonyl (C=O) groups is 1. The van der Waals surface area contributed by atoms with Crippen LogP contribution in [-0.4, -0.2) is 24.3 Å². The highest BCUT2D eigenvalue weighted by Crippen LogP contribution is 2.32. The molecule has 1 saturated heterocycles.